The van der Waals surface area contributed by atoms with Crippen LogP contribution >= 0.6 is 11.6 Å². The standard InChI is InChI=1S/C27H25ClN6O6/c1-38-23-12-18(27(37)40-3)22(31-25(35)21-6-7-24(33-32-21)34-9-8-30-14-34)11-16(23)5-4-15-10-17(26(36)39-2)20(29)13-19(15)28/h6-14H,4-5,29H2,1-3H3,(H,31,35). The third-order valence-corrected chi connectivity index (χ3v) is 6.37. The molecule has 40 heavy (non-hydrogen) atoms. The minimum absolute atomic E-state index is 0.0287. The van der Waals surface area contributed by atoms with Crippen LogP contribution in [0.2, 0.25) is 5.02 Å². The molecule has 0 aliphatic heterocycles. The second-order valence-electron chi connectivity index (χ2n) is 8.42. The number of esters is 2. The Morgan fingerprint density at radius 2 is 1.68 bits per heavy atom. The van der Waals surface area contributed by atoms with Gasteiger partial charge in [0.25, 0.3) is 5.91 Å². The number of aryl methyl sites for hydroxylation is 2. The minimum Gasteiger partial charge on any atom is -0.496 e. The number of aromatic nitrogens is 4. The number of nitrogens with one attached hydrogen (secondary N) is 1. The van der Waals surface area contributed by atoms with Crippen molar-refractivity contribution in [1.29, 1.82) is 0 Å². The number of benzene rings is 2. The molecule has 13 heteroatoms. The Morgan fingerprint density at radius 1 is 0.950 bits per heavy atom. The molecule has 1 amide bonds. The van der Waals surface area contributed by atoms with Crippen molar-refractivity contribution in [2.75, 3.05) is 32.4 Å². The van der Waals surface area contributed by atoms with Crippen LogP contribution in [0.5, 0.6) is 5.75 Å². The molecule has 0 spiro atoms. The molecule has 4 aromatic rings. The van der Waals surface area contributed by atoms with E-state index < -0.39 is 17.8 Å². The normalized spacial score (nSPS) is 10.6. The van der Waals surface area contributed by atoms with Gasteiger partial charge in [0.1, 0.15) is 12.1 Å². The zero-order valence-electron chi connectivity index (χ0n) is 21.8. The van der Waals surface area contributed by atoms with Gasteiger partial charge in [0.15, 0.2) is 11.5 Å². The van der Waals surface area contributed by atoms with E-state index in [9.17, 15) is 14.4 Å². The van der Waals surface area contributed by atoms with E-state index in [1.807, 2.05) is 0 Å². The molecule has 206 valence electrons. The summed E-state index contributed by atoms with van der Waals surface area (Å²) in [5.74, 6) is -0.974. The van der Waals surface area contributed by atoms with Crippen LogP contribution in [0.15, 0.2) is 55.1 Å². The monoisotopic (exact) mass is 564 g/mol. The second-order valence-corrected chi connectivity index (χ2v) is 8.83. The number of nitrogens with zero attached hydrogens (tertiary/aromatic N) is 4. The molecule has 0 bridgehead atoms. The van der Waals surface area contributed by atoms with Crippen LogP contribution in [0.4, 0.5) is 11.4 Å². The van der Waals surface area contributed by atoms with Crippen molar-refractivity contribution < 1.29 is 28.6 Å². The zero-order chi connectivity index (χ0) is 28.8. The van der Waals surface area contributed by atoms with Gasteiger partial charge >= 0.3 is 11.9 Å². The molecule has 0 saturated heterocycles. The summed E-state index contributed by atoms with van der Waals surface area (Å²) in [6, 6.07) is 9.28. The molecule has 4 rings (SSSR count). The third-order valence-electron chi connectivity index (χ3n) is 6.01. The number of imidazole rings is 1. The molecule has 0 aliphatic rings. The number of methoxy groups -OCH3 is 3. The molecule has 0 aliphatic carbocycles. The maximum absolute atomic E-state index is 13.0. The minimum atomic E-state index is -0.675. The number of amides is 1. The maximum atomic E-state index is 13.0. The third kappa shape index (κ3) is 6.02. The van der Waals surface area contributed by atoms with Crippen LogP contribution in [0, 0.1) is 0 Å². The van der Waals surface area contributed by atoms with E-state index >= 15 is 0 Å². The van der Waals surface area contributed by atoms with Gasteiger partial charge < -0.3 is 25.3 Å². The number of anilines is 2. The summed E-state index contributed by atoms with van der Waals surface area (Å²) in [4.78, 5) is 41.6. The van der Waals surface area contributed by atoms with E-state index in [-0.39, 0.29) is 28.2 Å². The number of hydrogen-bond donors (Lipinski definition) is 2. The predicted octanol–water partition coefficient (Wildman–Crippen LogP) is 3.52. The van der Waals surface area contributed by atoms with Gasteiger partial charge in [-0.1, -0.05) is 11.6 Å². The number of halogens is 1. The number of carbonyl (C=O) groups excluding carboxylic acids is 3. The first-order chi connectivity index (χ1) is 19.2. The van der Waals surface area contributed by atoms with E-state index in [1.54, 1.807) is 41.5 Å². The van der Waals surface area contributed by atoms with Gasteiger partial charge in [0, 0.05) is 23.1 Å². The topological polar surface area (TPSA) is 161 Å². The number of nitrogen functional groups attached to an aromatic ring is 1. The van der Waals surface area contributed by atoms with Crippen LogP contribution in [0.3, 0.4) is 0 Å². The number of hydrogen-bond acceptors (Lipinski definition) is 10. The second kappa shape index (κ2) is 12.3. The van der Waals surface area contributed by atoms with Crippen molar-refractivity contribution in [3.8, 4) is 11.6 Å². The Kier molecular flexibility index (Phi) is 8.60. The summed E-state index contributed by atoms with van der Waals surface area (Å²) in [7, 11) is 3.96. The van der Waals surface area contributed by atoms with E-state index in [2.05, 4.69) is 20.5 Å². The lowest BCUT2D eigenvalue weighted by Gasteiger charge is -2.16. The average Bonchev–Trinajstić information content (AvgIpc) is 3.51. The van der Waals surface area contributed by atoms with Crippen molar-refractivity contribution in [1.82, 2.24) is 19.7 Å². The quantitative estimate of drug-likeness (QED) is 0.227. The first-order valence-corrected chi connectivity index (χ1v) is 12.2. The van der Waals surface area contributed by atoms with E-state index in [1.165, 1.54) is 39.5 Å². The Bertz CT molecular complexity index is 1560. The van der Waals surface area contributed by atoms with E-state index in [0.717, 1.165) is 0 Å². The summed E-state index contributed by atoms with van der Waals surface area (Å²) in [6.45, 7) is 0. The molecule has 2 heterocycles. The molecule has 0 unspecified atom stereocenters. The van der Waals surface area contributed by atoms with Gasteiger partial charge in [-0.15, -0.1) is 10.2 Å². The number of ether oxygens (including phenoxy) is 3. The van der Waals surface area contributed by atoms with Gasteiger partial charge in [-0.05, 0) is 60.4 Å². The average molecular weight is 565 g/mol. The predicted molar refractivity (Wildman–Crippen MR) is 146 cm³/mol. The van der Waals surface area contributed by atoms with Gasteiger partial charge in [-0.25, -0.2) is 14.6 Å². The highest BCUT2D eigenvalue weighted by Gasteiger charge is 2.21. The highest BCUT2D eigenvalue weighted by atomic mass is 35.5. The zero-order valence-corrected chi connectivity index (χ0v) is 22.6. The Hall–Kier alpha value is -4.97. The van der Waals surface area contributed by atoms with Gasteiger partial charge in [-0.3, -0.25) is 9.36 Å². The van der Waals surface area contributed by atoms with Crippen molar-refractivity contribution in [3.05, 3.63) is 88.1 Å². The van der Waals surface area contributed by atoms with Gasteiger partial charge in [-0.2, -0.15) is 0 Å². The highest BCUT2D eigenvalue weighted by molar-refractivity contribution is 6.31. The smallest absolute Gasteiger partial charge is 0.340 e. The summed E-state index contributed by atoms with van der Waals surface area (Å²) in [6.07, 6.45) is 5.60. The number of nitrogens with two attached hydrogens (primary N) is 1. The highest BCUT2D eigenvalue weighted by Crippen LogP contribution is 2.31. The van der Waals surface area contributed by atoms with Crippen LogP contribution in [-0.2, 0) is 22.3 Å². The molecule has 3 N–H and O–H groups in total. The van der Waals surface area contributed by atoms with Crippen molar-refractivity contribution in [2.45, 2.75) is 12.8 Å². The molecular formula is C27H25ClN6O6. The number of rotatable bonds is 9. The first kappa shape index (κ1) is 28.0. The van der Waals surface area contributed by atoms with E-state index in [4.69, 9.17) is 31.5 Å². The molecular weight excluding hydrogens is 540 g/mol. The van der Waals surface area contributed by atoms with Crippen molar-refractivity contribution >= 4 is 40.8 Å². The molecule has 2 aromatic carbocycles. The first-order valence-electron chi connectivity index (χ1n) is 11.8. The summed E-state index contributed by atoms with van der Waals surface area (Å²) >= 11 is 6.39. The molecule has 12 nitrogen and oxygen atoms in total. The SMILES string of the molecule is COC(=O)c1cc(CCc2cc(NC(=O)c3ccc(-n4ccnc4)nn3)c(C(=O)OC)cc2OC)c(Cl)cc1N. The Morgan fingerprint density at radius 3 is 2.30 bits per heavy atom. The molecule has 0 saturated carbocycles. The molecule has 0 radical (unpaired) electrons. The lowest BCUT2D eigenvalue weighted by Crippen LogP contribution is -2.18. The number of carbonyl (C=O) groups is 3. The lowest BCUT2D eigenvalue weighted by atomic mass is 9.98. The van der Waals surface area contributed by atoms with Crippen LogP contribution in [0.1, 0.15) is 42.3 Å². The van der Waals surface area contributed by atoms with Gasteiger partial charge in [0.05, 0.1) is 38.1 Å². The molecule has 0 atom stereocenters. The summed E-state index contributed by atoms with van der Waals surface area (Å²) < 4.78 is 16.9. The van der Waals surface area contributed by atoms with Crippen LogP contribution in [0.25, 0.3) is 5.82 Å². The van der Waals surface area contributed by atoms with Crippen molar-refractivity contribution in [3.63, 3.8) is 0 Å². The largest absolute Gasteiger partial charge is 0.496 e. The Labute approximate surface area is 234 Å². The molecule has 2 aromatic heterocycles. The fourth-order valence-corrected chi connectivity index (χ4v) is 4.21. The van der Waals surface area contributed by atoms with Crippen LogP contribution in [-0.4, -0.2) is 58.9 Å². The van der Waals surface area contributed by atoms with Crippen molar-refractivity contribution in [2.24, 2.45) is 0 Å². The summed E-state index contributed by atoms with van der Waals surface area (Å²) in [5.41, 5.74) is 7.92. The maximum Gasteiger partial charge on any atom is 0.340 e. The fourth-order valence-electron chi connectivity index (χ4n) is 3.94. The fraction of sp³-hybridized carbons (Fsp3) is 0.185. The molecule has 0 fully saturated rings. The van der Waals surface area contributed by atoms with Crippen LogP contribution < -0.4 is 15.8 Å². The van der Waals surface area contributed by atoms with Gasteiger partial charge in [0.2, 0.25) is 0 Å². The summed E-state index contributed by atoms with van der Waals surface area (Å²) in [5, 5.41) is 11.1. The Balaban J connectivity index is 1.63. The van der Waals surface area contributed by atoms with E-state index in [0.29, 0.717) is 40.6 Å². The lowest BCUT2D eigenvalue weighted by molar-refractivity contribution is 0.0592.